The first-order valence-corrected chi connectivity index (χ1v) is 24.4. The normalized spacial score (nSPS) is 14.6. The summed E-state index contributed by atoms with van der Waals surface area (Å²) in [5.41, 5.74) is 7.00. The third-order valence-electron chi connectivity index (χ3n) is 13.9. The summed E-state index contributed by atoms with van der Waals surface area (Å²) in [6.45, 7) is 12.2. The highest BCUT2D eigenvalue weighted by atomic mass is 35.5. The van der Waals surface area contributed by atoms with E-state index in [1.807, 2.05) is 73.8 Å². The number of nitrogens with zero attached hydrogens (tertiary/aromatic N) is 6. The molecule has 1 aliphatic carbocycles. The van der Waals surface area contributed by atoms with Crippen LogP contribution < -0.4 is 4.74 Å². The molecule has 2 aliphatic rings. The van der Waals surface area contributed by atoms with Crippen LogP contribution in [0.25, 0.3) is 43.8 Å². The van der Waals surface area contributed by atoms with Gasteiger partial charge < -0.3 is 28.7 Å². The first-order chi connectivity index (χ1) is 32.8. The molecule has 3 aromatic heterocycles. The lowest BCUT2D eigenvalue weighted by molar-refractivity contribution is -0.132. The van der Waals surface area contributed by atoms with Gasteiger partial charge in [-0.05, 0) is 94.5 Å². The third-order valence-corrected chi connectivity index (χ3v) is 14.3. The van der Waals surface area contributed by atoms with Crippen LogP contribution in [0.15, 0.2) is 72.8 Å². The molecule has 1 aliphatic heterocycles. The summed E-state index contributed by atoms with van der Waals surface area (Å²) < 4.78 is 22.0. The van der Waals surface area contributed by atoms with E-state index in [4.69, 9.17) is 30.9 Å². The van der Waals surface area contributed by atoms with Crippen molar-refractivity contribution in [1.29, 1.82) is 0 Å². The molecule has 356 valence electrons. The summed E-state index contributed by atoms with van der Waals surface area (Å²) in [5.74, 6) is 1.46. The van der Waals surface area contributed by atoms with Crippen LogP contribution in [0.1, 0.15) is 96.0 Å². The van der Waals surface area contributed by atoms with Gasteiger partial charge in [0.15, 0.2) is 0 Å². The maximum Gasteiger partial charge on any atom is 0.355 e. The van der Waals surface area contributed by atoms with Crippen molar-refractivity contribution in [2.75, 3.05) is 46.4 Å². The molecule has 1 saturated heterocycles. The fourth-order valence-corrected chi connectivity index (χ4v) is 10.2. The Labute approximate surface area is 402 Å². The van der Waals surface area contributed by atoms with Crippen LogP contribution in [-0.4, -0.2) is 104 Å². The van der Waals surface area contributed by atoms with Gasteiger partial charge in [-0.25, -0.2) is 14.6 Å². The molecule has 4 heterocycles. The Morgan fingerprint density at radius 2 is 1.63 bits per heavy atom. The van der Waals surface area contributed by atoms with Crippen LogP contribution in [0.2, 0.25) is 5.02 Å². The molecule has 0 atom stereocenters. The summed E-state index contributed by atoms with van der Waals surface area (Å²) in [5, 5.41) is 8.54. The number of carbonyl (C=O) groups excluding carboxylic acids is 3. The number of nitrogens with one attached hydrogen (secondary N) is 1. The van der Waals surface area contributed by atoms with E-state index < -0.39 is 11.6 Å². The van der Waals surface area contributed by atoms with Crippen molar-refractivity contribution < 1.29 is 28.6 Å². The van der Waals surface area contributed by atoms with Crippen molar-refractivity contribution in [3.05, 3.63) is 112 Å². The first kappa shape index (κ1) is 46.9. The smallest absolute Gasteiger partial charge is 0.355 e. The van der Waals surface area contributed by atoms with E-state index >= 15 is 4.79 Å². The van der Waals surface area contributed by atoms with Crippen molar-refractivity contribution >= 4 is 62.2 Å². The number of carbonyl (C=O) groups is 3. The predicted octanol–water partition coefficient (Wildman–Crippen LogP) is 10.0. The number of aromatic amines is 1. The van der Waals surface area contributed by atoms with E-state index in [-0.39, 0.29) is 18.3 Å². The molecule has 0 spiro atoms. The Hall–Kier alpha value is -6.18. The number of aryl methyl sites for hydroxylation is 4. The largest absolute Gasteiger partial charge is 0.493 e. The Morgan fingerprint density at radius 1 is 0.868 bits per heavy atom. The van der Waals surface area contributed by atoms with Gasteiger partial charge in [0.2, 0.25) is 5.91 Å². The Bertz CT molecular complexity index is 3000. The van der Waals surface area contributed by atoms with Gasteiger partial charge in [0.05, 0.1) is 41.0 Å². The molecule has 2 fully saturated rings. The molecule has 1 amide bonds. The van der Waals surface area contributed by atoms with Crippen molar-refractivity contribution in [3.8, 4) is 16.9 Å². The van der Waals surface area contributed by atoms with Crippen LogP contribution >= 0.6 is 11.6 Å². The second-order valence-corrected chi connectivity index (χ2v) is 19.5. The summed E-state index contributed by atoms with van der Waals surface area (Å²) in [4.78, 5) is 53.1. The molecule has 7 aromatic rings. The highest BCUT2D eigenvalue weighted by molar-refractivity contribution is 6.35. The van der Waals surface area contributed by atoms with Gasteiger partial charge in [-0.3, -0.25) is 14.4 Å². The van der Waals surface area contributed by atoms with E-state index in [0.717, 1.165) is 73.9 Å². The second-order valence-electron chi connectivity index (χ2n) is 19.1. The maximum atomic E-state index is 15.0. The topological polar surface area (TPSA) is 137 Å². The Balaban J connectivity index is 0.984. The number of H-pyrrole nitrogens is 1. The van der Waals surface area contributed by atoms with Crippen LogP contribution in [-0.2, 0) is 40.7 Å². The molecule has 9 rings (SSSR count). The third kappa shape index (κ3) is 9.87. The molecule has 0 unspecified atom stereocenters. The molecular weight excluding hydrogens is 878 g/mol. The van der Waals surface area contributed by atoms with Crippen LogP contribution in [0.3, 0.4) is 0 Å². The summed E-state index contributed by atoms with van der Waals surface area (Å²) in [6, 6.07) is 23.7. The van der Waals surface area contributed by atoms with Crippen molar-refractivity contribution in [2.45, 2.75) is 91.2 Å². The Kier molecular flexibility index (Phi) is 13.7. The molecule has 1 saturated carbocycles. The SMILES string of the molecule is COC(=O)c1cccc2[nH]c(CCC(=O)N3CCN(CCn4c(C(=O)OC(C)(C)CCC5CC5)c(CCCOc5cccc6ccccc56)c5ccc(Cl)c(-c6c(C)nn(C)c6C)c54)CC3)nc12. The van der Waals surface area contributed by atoms with E-state index in [1.54, 1.807) is 12.1 Å². The number of piperazine rings is 1. The molecule has 4 aromatic carbocycles. The lowest BCUT2D eigenvalue weighted by Gasteiger charge is -2.35. The van der Waals surface area contributed by atoms with Gasteiger partial charge in [-0.2, -0.15) is 5.10 Å². The number of para-hydroxylation sites is 1. The standard InChI is InChI=1S/C54H62ClN7O6/c1-34-47(35(2)59(5)58-34)48-42(55)22-21-40-39(16-11-33-67-44-18-9-13-37-12-7-8-14-38(37)44)51(53(65)68-54(3,4)26-25-36-19-20-36)62(50(40)48)32-29-60-27-30-61(31-28-60)46(63)24-23-45-56-43-17-10-15-41(49(43)57-45)52(64)66-6/h7-10,12-15,17-18,21-22,36H,11,16,19-20,23-33H2,1-6H3,(H,56,57). The van der Waals surface area contributed by atoms with Gasteiger partial charge in [0.1, 0.15) is 28.4 Å². The number of methoxy groups -OCH3 is 1. The van der Waals surface area contributed by atoms with Crippen LogP contribution in [0.4, 0.5) is 0 Å². The lowest BCUT2D eigenvalue weighted by atomic mass is 9.98. The predicted molar refractivity (Wildman–Crippen MR) is 267 cm³/mol. The Morgan fingerprint density at radius 3 is 2.38 bits per heavy atom. The minimum Gasteiger partial charge on any atom is -0.493 e. The highest BCUT2D eigenvalue weighted by Gasteiger charge is 2.34. The highest BCUT2D eigenvalue weighted by Crippen LogP contribution is 2.43. The fraction of sp³-hybridized carbons (Fsp3) is 0.426. The molecule has 1 N–H and O–H groups in total. The van der Waals surface area contributed by atoms with Crippen molar-refractivity contribution in [1.82, 2.24) is 34.1 Å². The maximum absolute atomic E-state index is 15.0. The average molecular weight is 941 g/mol. The van der Waals surface area contributed by atoms with E-state index in [2.05, 4.69) is 50.6 Å². The summed E-state index contributed by atoms with van der Waals surface area (Å²) in [6.07, 6.45) is 6.26. The number of aromatic nitrogens is 5. The lowest BCUT2D eigenvalue weighted by Crippen LogP contribution is -2.49. The van der Waals surface area contributed by atoms with Gasteiger partial charge in [-0.1, -0.05) is 73.0 Å². The zero-order valence-corrected chi connectivity index (χ0v) is 40.9. The van der Waals surface area contributed by atoms with Gasteiger partial charge in [-0.15, -0.1) is 0 Å². The number of amides is 1. The van der Waals surface area contributed by atoms with Gasteiger partial charge >= 0.3 is 11.9 Å². The number of rotatable bonds is 18. The number of imidazole rings is 1. The average Bonchev–Trinajstić information content (AvgIpc) is 3.91. The van der Waals surface area contributed by atoms with Crippen molar-refractivity contribution in [2.24, 2.45) is 13.0 Å². The summed E-state index contributed by atoms with van der Waals surface area (Å²) >= 11 is 7.28. The number of ether oxygens (including phenoxy) is 3. The van der Waals surface area contributed by atoms with E-state index in [0.29, 0.717) is 98.7 Å². The van der Waals surface area contributed by atoms with Crippen molar-refractivity contribution in [3.63, 3.8) is 0 Å². The molecule has 14 heteroatoms. The second kappa shape index (κ2) is 19.8. The number of halogens is 1. The monoisotopic (exact) mass is 939 g/mol. The van der Waals surface area contributed by atoms with Crippen LogP contribution in [0, 0.1) is 19.8 Å². The van der Waals surface area contributed by atoms with Gasteiger partial charge in [0, 0.05) is 86.8 Å². The number of benzene rings is 4. The molecule has 0 radical (unpaired) electrons. The van der Waals surface area contributed by atoms with Gasteiger partial charge in [0.25, 0.3) is 0 Å². The number of hydrogen-bond donors (Lipinski definition) is 1. The number of hydrogen-bond acceptors (Lipinski definition) is 9. The zero-order valence-electron chi connectivity index (χ0n) is 40.1. The quantitative estimate of drug-likeness (QED) is 0.0659. The van der Waals surface area contributed by atoms with Crippen LogP contribution in [0.5, 0.6) is 5.75 Å². The van der Waals surface area contributed by atoms with E-state index in [1.165, 1.54) is 20.0 Å². The summed E-state index contributed by atoms with van der Waals surface area (Å²) in [7, 11) is 3.29. The zero-order chi connectivity index (χ0) is 47.7. The van der Waals surface area contributed by atoms with E-state index in [9.17, 15) is 9.59 Å². The number of esters is 2. The first-order valence-electron chi connectivity index (χ1n) is 24.0. The molecule has 68 heavy (non-hydrogen) atoms. The minimum absolute atomic E-state index is 0.0552. The molecule has 0 bridgehead atoms. The molecule has 13 nitrogen and oxygen atoms in total. The fourth-order valence-electron chi connectivity index (χ4n) is 9.96. The minimum atomic E-state index is -0.661. The molecular formula is C54H62ClN7O6. The number of fused-ring (bicyclic) bond motifs is 3.